The zero-order chi connectivity index (χ0) is 13.8. The van der Waals surface area contributed by atoms with Gasteiger partial charge in [-0.1, -0.05) is 11.8 Å². The van der Waals surface area contributed by atoms with Gasteiger partial charge in [0.25, 0.3) is 0 Å². The minimum atomic E-state index is 0.0109. The molecule has 0 aliphatic carbocycles. The van der Waals surface area contributed by atoms with Crippen LogP contribution in [0.5, 0.6) is 0 Å². The molecule has 0 amide bonds. The number of hydrogen-bond donors (Lipinski definition) is 1. The second-order valence-electron chi connectivity index (χ2n) is 4.61. The van der Waals surface area contributed by atoms with Gasteiger partial charge in [0, 0.05) is 29.8 Å². The van der Waals surface area contributed by atoms with Gasteiger partial charge in [0.2, 0.25) is 0 Å². The maximum absolute atomic E-state index is 6.10. The number of aromatic nitrogens is 3. The van der Waals surface area contributed by atoms with Crippen molar-refractivity contribution in [2.75, 3.05) is 0 Å². The monoisotopic (exact) mass is 274 g/mol. The Kier molecular flexibility index (Phi) is 4.50. The molecule has 0 bridgehead atoms. The smallest absolute Gasteiger partial charge is 0.188 e. The molecule has 2 unspecified atom stereocenters. The summed E-state index contributed by atoms with van der Waals surface area (Å²) in [5.74, 6) is 0. The van der Waals surface area contributed by atoms with E-state index in [0.717, 1.165) is 22.1 Å². The fourth-order valence-electron chi connectivity index (χ4n) is 1.89. The molecular weight excluding hydrogens is 256 g/mol. The molecule has 2 atom stereocenters. The number of thioether (sulfide) groups is 1. The number of aryl methyl sites for hydroxylation is 2. The highest BCUT2D eigenvalue weighted by molar-refractivity contribution is 7.99. The Morgan fingerprint density at radius 1 is 1.11 bits per heavy atom. The number of pyridine rings is 1. The molecule has 100 valence electrons. The van der Waals surface area contributed by atoms with Crippen LogP contribution in [0.2, 0.25) is 0 Å². The van der Waals surface area contributed by atoms with Crippen molar-refractivity contribution < 1.29 is 0 Å². The third-order valence-electron chi connectivity index (χ3n) is 2.71. The molecule has 0 fully saturated rings. The molecule has 2 heterocycles. The quantitative estimate of drug-likeness (QED) is 0.686. The maximum Gasteiger partial charge on any atom is 0.188 e. The molecule has 0 radical (unpaired) electrons. The van der Waals surface area contributed by atoms with Gasteiger partial charge in [-0.25, -0.2) is 9.97 Å². The zero-order valence-corrected chi connectivity index (χ0v) is 12.2. The molecule has 19 heavy (non-hydrogen) atoms. The van der Waals surface area contributed by atoms with Gasteiger partial charge in [-0.2, -0.15) is 0 Å². The van der Waals surface area contributed by atoms with Gasteiger partial charge in [0.05, 0.1) is 5.25 Å². The van der Waals surface area contributed by atoms with E-state index >= 15 is 0 Å². The summed E-state index contributed by atoms with van der Waals surface area (Å²) in [5.41, 5.74) is 9.21. The molecule has 2 aromatic heterocycles. The summed E-state index contributed by atoms with van der Waals surface area (Å²) in [4.78, 5) is 13.0. The summed E-state index contributed by atoms with van der Waals surface area (Å²) in [6.07, 6.45) is 3.57. The van der Waals surface area contributed by atoms with Crippen LogP contribution in [0.25, 0.3) is 0 Å². The Hall–Kier alpha value is -1.46. The van der Waals surface area contributed by atoms with Crippen molar-refractivity contribution in [3.8, 4) is 0 Å². The van der Waals surface area contributed by atoms with E-state index in [0.29, 0.717) is 0 Å². The fourth-order valence-corrected chi connectivity index (χ4v) is 3.02. The van der Waals surface area contributed by atoms with Crippen molar-refractivity contribution >= 4 is 11.8 Å². The van der Waals surface area contributed by atoms with Crippen molar-refractivity contribution in [2.45, 2.75) is 37.2 Å². The molecule has 2 N–H and O–H groups in total. The van der Waals surface area contributed by atoms with Crippen LogP contribution >= 0.6 is 11.8 Å². The Balaban J connectivity index is 2.27. The summed E-state index contributed by atoms with van der Waals surface area (Å²) in [6.45, 7) is 5.96. The minimum Gasteiger partial charge on any atom is -0.327 e. The minimum absolute atomic E-state index is 0.0109. The van der Waals surface area contributed by atoms with Gasteiger partial charge in [0.15, 0.2) is 5.16 Å². The summed E-state index contributed by atoms with van der Waals surface area (Å²) in [5, 5.41) is 0.904. The van der Waals surface area contributed by atoms with E-state index in [9.17, 15) is 0 Å². The van der Waals surface area contributed by atoms with Gasteiger partial charge in [-0.3, -0.25) is 4.98 Å². The van der Waals surface area contributed by atoms with Crippen LogP contribution in [0.15, 0.2) is 35.7 Å². The fraction of sp³-hybridized carbons (Fsp3) is 0.357. The van der Waals surface area contributed by atoms with Crippen molar-refractivity contribution in [3.05, 3.63) is 47.5 Å². The first-order valence-electron chi connectivity index (χ1n) is 6.20. The van der Waals surface area contributed by atoms with Gasteiger partial charge >= 0.3 is 0 Å². The molecule has 5 heteroatoms. The van der Waals surface area contributed by atoms with E-state index in [1.165, 1.54) is 0 Å². The molecular formula is C14H18N4S. The Morgan fingerprint density at radius 3 is 2.21 bits per heavy atom. The van der Waals surface area contributed by atoms with E-state index in [4.69, 9.17) is 5.73 Å². The Labute approximate surface area is 117 Å². The van der Waals surface area contributed by atoms with Crippen molar-refractivity contribution in [3.63, 3.8) is 0 Å². The second-order valence-corrected chi connectivity index (χ2v) is 5.72. The van der Waals surface area contributed by atoms with E-state index in [1.807, 2.05) is 39.0 Å². The summed E-state index contributed by atoms with van der Waals surface area (Å²) in [7, 11) is 0. The van der Waals surface area contributed by atoms with E-state index in [2.05, 4.69) is 15.0 Å². The van der Waals surface area contributed by atoms with Crippen LogP contribution in [-0.4, -0.2) is 21.0 Å². The van der Waals surface area contributed by atoms with Gasteiger partial charge in [-0.15, -0.1) is 0 Å². The first-order chi connectivity index (χ1) is 9.06. The normalized spacial score (nSPS) is 14.1. The van der Waals surface area contributed by atoms with Crippen LogP contribution in [0, 0.1) is 13.8 Å². The lowest BCUT2D eigenvalue weighted by Gasteiger charge is -2.19. The molecule has 0 spiro atoms. The zero-order valence-electron chi connectivity index (χ0n) is 11.4. The largest absolute Gasteiger partial charge is 0.327 e. The highest BCUT2D eigenvalue weighted by Gasteiger charge is 2.19. The third kappa shape index (κ3) is 3.75. The number of nitrogens with zero attached hydrogens (tertiary/aromatic N) is 3. The number of nitrogens with two attached hydrogens (primary N) is 1. The van der Waals surface area contributed by atoms with E-state index in [1.54, 1.807) is 24.2 Å². The molecule has 0 saturated carbocycles. The van der Waals surface area contributed by atoms with Gasteiger partial charge in [0.1, 0.15) is 0 Å². The van der Waals surface area contributed by atoms with Gasteiger partial charge in [-0.05, 0) is 44.5 Å². The second kappa shape index (κ2) is 6.12. The highest BCUT2D eigenvalue weighted by Crippen LogP contribution is 2.35. The van der Waals surface area contributed by atoms with Crippen LogP contribution in [0.4, 0.5) is 0 Å². The van der Waals surface area contributed by atoms with Crippen molar-refractivity contribution in [1.29, 1.82) is 0 Å². The standard InChI is InChI=1S/C14H18N4S/c1-9-8-10(2)18-14(17-9)19-13(11(3)15)12-4-6-16-7-5-12/h4-8,11,13H,15H2,1-3H3. The van der Waals surface area contributed by atoms with E-state index in [-0.39, 0.29) is 11.3 Å². The average molecular weight is 274 g/mol. The van der Waals surface area contributed by atoms with Crippen LogP contribution < -0.4 is 5.73 Å². The topological polar surface area (TPSA) is 64.7 Å². The molecule has 4 nitrogen and oxygen atoms in total. The number of hydrogen-bond acceptors (Lipinski definition) is 5. The SMILES string of the molecule is Cc1cc(C)nc(SC(c2ccncc2)C(C)N)n1. The lowest BCUT2D eigenvalue weighted by molar-refractivity contribution is 0.716. The predicted molar refractivity (Wildman–Crippen MR) is 78.0 cm³/mol. The van der Waals surface area contributed by atoms with Crippen molar-refractivity contribution in [1.82, 2.24) is 15.0 Å². The molecule has 0 aliphatic rings. The lowest BCUT2D eigenvalue weighted by atomic mass is 10.1. The Morgan fingerprint density at radius 2 is 1.68 bits per heavy atom. The molecule has 0 aliphatic heterocycles. The maximum atomic E-state index is 6.10. The highest BCUT2D eigenvalue weighted by atomic mass is 32.2. The Bertz CT molecular complexity index is 522. The number of rotatable bonds is 4. The van der Waals surface area contributed by atoms with Crippen LogP contribution in [-0.2, 0) is 0 Å². The van der Waals surface area contributed by atoms with Crippen LogP contribution in [0.3, 0.4) is 0 Å². The van der Waals surface area contributed by atoms with Crippen LogP contribution in [0.1, 0.15) is 29.1 Å². The summed E-state index contributed by atoms with van der Waals surface area (Å²) in [6, 6.07) is 5.96. The average Bonchev–Trinajstić information content (AvgIpc) is 2.35. The summed E-state index contributed by atoms with van der Waals surface area (Å²) < 4.78 is 0. The molecule has 0 aromatic carbocycles. The first-order valence-corrected chi connectivity index (χ1v) is 7.08. The van der Waals surface area contributed by atoms with E-state index < -0.39 is 0 Å². The van der Waals surface area contributed by atoms with Crippen molar-refractivity contribution in [2.24, 2.45) is 5.73 Å². The van der Waals surface area contributed by atoms with Gasteiger partial charge < -0.3 is 5.73 Å². The third-order valence-corrected chi connectivity index (χ3v) is 4.06. The molecule has 2 rings (SSSR count). The summed E-state index contributed by atoms with van der Waals surface area (Å²) >= 11 is 1.60. The molecule has 2 aromatic rings. The first kappa shape index (κ1) is 14.0. The predicted octanol–water partition coefficient (Wildman–Crippen LogP) is 2.67. The lowest BCUT2D eigenvalue weighted by Crippen LogP contribution is -2.22. The molecule has 0 saturated heterocycles.